The molecule has 0 radical (unpaired) electrons. The van der Waals surface area contributed by atoms with Gasteiger partial charge in [-0.05, 0) is 44.0 Å². The molecule has 0 aliphatic heterocycles. The molecule has 0 aliphatic carbocycles. The Morgan fingerprint density at radius 1 is 1.11 bits per heavy atom. The van der Waals surface area contributed by atoms with Gasteiger partial charge in [0, 0.05) is 12.1 Å². The summed E-state index contributed by atoms with van der Waals surface area (Å²) in [6.07, 6.45) is 0. The first-order valence-corrected chi connectivity index (χ1v) is 10.7. The summed E-state index contributed by atoms with van der Waals surface area (Å²) in [5.74, 6) is 0.541. The minimum absolute atomic E-state index is 0.0109. The van der Waals surface area contributed by atoms with Gasteiger partial charge in [-0.2, -0.15) is 9.29 Å². The van der Waals surface area contributed by atoms with Crippen molar-refractivity contribution in [3.05, 3.63) is 64.0 Å². The minimum Gasteiger partial charge on any atom is -0.338 e. The number of rotatable bonds is 6. The lowest BCUT2D eigenvalue weighted by Gasteiger charge is -2.21. The van der Waals surface area contributed by atoms with Gasteiger partial charge in [0.2, 0.25) is 21.7 Å². The van der Waals surface area contributed by atoms with Crippen molar-refractivity contribution in [3.8, 4) is 11.4 Å². The van der Waals surface area contributed by atoms with Crippen molar-refractivity contribution in [2.45, 2.75) is 39.1 Å². The van der Waals surface area contributed by atoms with Crippen LogP contribution >= 0.6 is 11.6 Å². The average Bonchev–Trinajstić information content (AvgIpc) is 3.07. The molecular weight excluding hydrogens is 398 g/mol. The zero-order chi connectivity index (χ0) is 20.5. The maximum absolute atomic E-state index is 13.3. The minimum atomic E-state index is -3.71. The molecule has 0 fully saturated rings. The maximum Gasteiger partial charge on any atom is 0.244 e. The van der Waals surface area contributed by atoms with E-state index in [1.807, 2.05) is 45.0 Å². The molecule has 6 nitrogen and oxygen atoms in total. The molecule has 0 saturated carbocycles. The second-order valence-corrected chi connectivity index (χ2v) is 8.93. The number of hydrogen-bond acceptors (Lipinski definition) is 5. The molecule has 2 aromatic carbocycles. The monoisotopic (exact) mass is 419 g/mol. The van der Waals surface area contributed by atoms with Crippen LogP contribution in [0.15, 0.2) is 45.8 Å². The fourth-order valence-electron chi connectivity index (χ4n) is 3.29. The summed E-state index contributed by atoms with van der Waals surface area (Å²) < 4.78 is 33.2. The van der Waals surface area contributed by atoms with Crippen LogP contribution in [0.5, 0.6) is 0 Å². The van der Waals surface area contributed by atoms with Gasteiger partial charge in [-0.25, -0.2) is 8.42 Å². The first kappa shape index (κ1) is 20.5. The molecule has 0 amide bonds. The Hall–Kier alpha value is -2.22. The van der Waals surface area contributed by atoms with Crippen LogP contribution in [0, 0.1) is 20.8 Å². The normalized spacial score (nSPS) is 11.9. The largest absolute Gasteiger partial charge is 0.338 e. The van der Waals surface area contributed by atoms with Crippen LogP contribution in [0.3, 0.4) is 0 Å². The van der Waals surface area contributed by atoms with E-state index in [1.54, 1.807) is 19.1 Å². The van der Waals surface area contributed by atoms with E-state index in [0.29, 0.717) is 21.3 Å². The fraction of sp³-hybridized carbons (Fsp3) is 0.300. The van der Waals surface area contributed by atoms with Gasteiger partial charge in [0.25, 0.3) is 0 Å². The highest BCUT2D eigenvalue weighted by atomic mass is 35.5. The van der Waals surface area contributed by atoms with Crippen molar-refractivity contribution in [2.75, 3.05) is 6.54 Å². The highest BCUT2D eigenvalue weighted by Gasteiger charge is 2.28. The molecule has 3 rings (SSSR count). The van der Waals surface area contributed by atoms with Crippen LogP contribution in [0.1, 0.15) is 29.5 Å². The Morgan fingerprint density at radius 2 is 1.75 bits per heavy atom. The van der Waals surface area contributed by atoms with Gasteiger partial charge < -0.3 is 4.52 Å². The molecule has 0 saturated heterocycles. The van der Waals surface area contributed by atoms with Crippen molar-refractivity contribution in [1.82, 2.24) is 14.4 Å². The molecule has 148 valence electrons. The van der Waals surface area contributed by atoms with Gasteiger partial charge in [0.05, 0.1) is 16.5 Å². The van der Waals surface area contributed by atoms with Gasteiger partial charge in [-0.1, -0.05) is 53.5 Å². The zero-order valence-electron chi connectivity index (χ0n) is 16.2. The molecule has 0 unspecified atom stereocenters. The number of benzene rings is 2. The number of halogens is 1. The first-order chi connectivity index (χ1) is 13.2. The van der Waals surface area contributed by atoms with Crippen LogP contribution in [-0.2, 0) is 16.6 Å². The third kappa shape index (κ3) is 3.97. The number of aryl methyl sites for hydroxylation is 3. The third-order valence-electron chi connectivity index (χ3n) is 4.45. The van der Waals surface area contributed by atoms with E-state index in [9.17, 15) is 8.42 Å². The first-order valence-electron chi connectivity index (χ1n) is 8.89. The average molecular weight is 420 g/mol. The van der Waals surface area contributed by atoms with E-state index in [0.717, 1.165) is 16.7 Å². The predicted molar refractivity (Wildman–Crippen MR) is 109 cm³/mol. The summed E-state index contributed by atoms with van der Waals surface area (Å²) in [6, 6.07) is 10.9. The molecule has 0 N–H and O–H groups in total. The number of hydrogen-bond donors (Lipinski definition) is 0. The van der Waals surface area contributed by atoms with Crippen LogP contribution in [0.2, 0.25) is 5.02 Å². The second-order valence-electron chi connectivity index (χ2n) is 6.65. The molecule has 28 heavy (non-hydrogen) atoms. The van der Waals surface area contributed by atoms with Crippen LogP contribution in [0.25, 0.3) is 11.4 Å². The molecule has 8 heteroatoms. The Bertz CT molecular complexity index is 1090. The molecule has 0 bridgehead atoms. The van der Waals surface area contributed by atoms with Crippen LogP contribution in [-0.4, -0.2) is 29.4 Å². The molecular formula is C20H22ClN3O3S. The number of aromatic nitrogens is 2. The van der Waals surface area contributed by atoms with Crippen molar-refractivity contribution in [1.29, 1.82) is 0 Å². The topological polar surface area (TPSA) is 76.3 Å². The number of nitrogens with zero attached hydrogens (tertiary/aromatic N) is 3. The van der Waals surface area contributed by atoms with Crippen molar-refractivity contribution < 1.29 is 12.9 Å². The fourth-order valence-corrected chi connectivity index (χ4v) is 5.32. The summed E-state index contributed by atoms with van der Waals surface area (Å²) in [5.41, 5.74) is 3.10. The quantitative estimate of drug-likeness (QED) is 0.586. The summed E-state index contributed by atoms with van der Waals surface area (Å²) >= 11 is 6.17. The summed E-state index contributed by atoms with van der Waals surface area (Å²) in [4.78, 5) is 4.65. The van der Waals surface area contributed by atoms with Gasteiger partial charge in [0.1, 0.15) is 0 Å². The Kier molecular flexibility index (Phi) is 5.88. The summed E-state index contributed by atoms with van der Waals surface area (Å²) in [6.45, 7) is 7.61. The Labute approximate surface area is 170 Å². The smallest absolute Gasteiger partial charge is 0.244 e. The second kappa shape index (κ2) is 8.03. The van der Waals surface area contributed by atoms with E-state index in [-0.39, 0.29) is 19.0 Å². The highest BCUT2D eigenvalue weighted by molar-refractivity contribution is 7.89. The lowest BCUT2D eigenvalue weighted by Crippen LogP contribution is -2.31. The SMILES string of the molecule is CCN(Cc1nc(-c2ccccc2Cl)no1)S(=O)(=O)c1c(C)cc(C)cc1C. The molecule has 0 aliphatic rings. The highest BCUT2D eigenvalue weighted by Crippen LogP contribution is 2.28. The standard InChI is InChI=1S/C20H22ClN3O3S/c1-5-24(28(25,26)19-14(3)10-13(2)11-15(19)4)12-18-22-20(23-27-18)16-8-6-7-9-17(16)21/h6-11H,5,12H2,1-4H3. The van der Waals surface area contributed by atoms with E-state index < -0.39 is 10.0 Å². The Morgan fingerprint density at radius 3 is 2.36 bits per heavy atom. The van der Waals surface area contributed by atoms with Crippen molar-refractivity contribution >= 4 is 21.6 Å². The molecule has 3 aromatic rings. The number of sulfonamides is 1. The molecule has 1 aromatic heterocycles. The molecule has 0 spiro atoms. The predicted octanol–water partition coefficient (Wildman–Crippen LogP) is 4.53. The lowest BCUT2D eigenvalue weighted by atomic mass is 10.1. The molecule has 0 atom stereocenters. The van der Waals surface area contributed by atoms with Gasteiger partial charge in [0.15, 0.2) is 0 Å². The summed E-state index contributed by atoms with van der Waals surface area (Å²) in [7, 11) is -3.71. The van der Waals surface area contributed by atoms with E-state index >= 15 is 0 Å². The van der Waals surface area contributed by atoms with E-state index in [2.05, 4.69) is 10.1 Å². The van der Waals surface area contributed by atoms with Gasteiger partial charge >= 0.3 is 0 Å². The van der Waals surface area contributed by atoms with Crippen LogP contribution in [0.4, 0.5) is 0 Å². The third-order valence-corrected chi connectivity index (χ3v) is 7.01. The summed E-state index contributed by atoms with van der Waals surface area (Å²) in [5, 5.41) is 4.44. The van der Waals surface area contributed by atoms with Crippen molar-refractivity contribution in [3.63, 3.8) is 0 Å². The van der Waals surface area contributed by atoms with E-state index in [4.69, 9.17) is 16.1 Å². The Balaban J connectivity index is 1.92. The van der Waals surface area contributed by atoms with E-state index in [1.165, 1.54) is 4.31 Å². The van der Waals surface area contributed by atoms with Crippen LogP contribution < -0.4 is 0 Å². The zero-order valence-corrected chi connectivity index (χ0v) is 17.8. The molecule has 1 heterocycles. The van der Waals surface area contributed by atoms with Gasteiger partial charge in [-0.3, -0.25) is 0 Å². The van der Waals surface area contributed by atoms with Crippen molar-refractivity contribution in [2.24, 2.45) is 0 Å². The maximum atomic E-state index is 13.3. The van der Waals surface area contributed by atoms with Gasteiger partial charge in [-0.15, -0.1) is 0 Å². The lowest BCUT2D eigenvalue weighted by molar-refractivity contribution is 0.321.